The van der Waals surface area contributed by atoms with Gasteiger partial charge in [-0.25, -0.2) is 0 Å². The second kappa shape index (κ2) is 42.7. The van der Waals surface area contributed by atoms with Crippen LogP contribution in [0.1, 0.15) is 258 Å². The second-order valence-electron chi connectivity index (χ2n) is 16.5. The average Bonchev–Trinajstić information content (AvgIpc) is 3.16. The summed E-state index contributed by atoms with van der Waals surface area (Å²) in [6.45, 7) is 6.46. The number of ether oxygens (including phenoxy) is 1. The molecule has 0 aromatic rings. The molecule has 3 N–H and O–H groups in total. The Bertz CT molecular complexity index is 817. The Kier molecular flexibility index (Phi) is 41.6. The minimum absolute atomic E-state index is 0.0628. The average molecular weight is 764 g/mol. The molecule has 0 spiro atoms. The standard InChI is InChI=1S/C48H93NO5/c1-4-7-10-13-16-19-21-23-24-26-29-31-34-37-40-46(51)45(43-50)49-47(52)42-44(39-36-33-30-28-25-22-20-17-14-11-8-5-2)54-48(53)41-38-35-32-27-18-15-12-9-6-3/h28,30,44-46,50-51H,4-27,29,31-43H2,1-3H3,(H,49,52)/b30-28-. The summed E-state index contributed by atoms with van der Waals surface area (Å²) in [4.78, 5) is 25.9. The third kappa shape index (κ3) is 37.5. The highest BCUT2D eigenvalue weighted by atomic mass is 16.5. The first kappa shape index (κ1) is 52.6. The number of aliphatic hydroxyl groups excluding tert-OH is 2. The summed E-state index contributed by atoms with van der Waals surface area (Å²) in [6, 6.07) is -0.702. The number of amides is 1. The van der Waals surface area contributed by atoms with Crippen molar-refractivity contribution in [2.45, 2.75) is 277 Å². The molecule has 0 rings (SSSR count). The van der Waals surface area contributed by atoms with E-state index in [-0.39, 0.29) is 24.9 Å². The van der Waals surface area contributed by atoms with Gasteiger partial charge in [0.2, 0.25) is 5.91 Å². The molecule has 3 unspecified atom stereocenters. The molecule has 0 heterocycles. The number of allylic oxidation sites excluding steroid dienone is 2. The van der Waals surface area contributed by atoms with Gasteiger partial charge in [0, 0.05) is 6.42 Å². The van der Waals surface area contributed by atoms with Crippen LogP contribution in [0.3, 0.4) is 0 Å². The van der Waals surface area contributed by atoms with Crippen LogP contribution < -0.4 is 5.32 Å². The van der Waals surface area contributed by atoms with E-state index in [2.05, 4.69) is 38.2 Å². The summed E-state index contributed by atoms with van der Waals surface area (Å²) in [5.74, 6) is -0.494. The number of hydrogen-bond acceptors (Lipinski definition) is 5. The van der Waals surface area contributed by atoms with E-state index in [1.54, 1.807) is 0 Å². The molecule has 6 nitrogen and oxygen atoms in total. The van der Waals surface area contributed by atoms with Gasteiger partial charge in [-0.15, -0.1) is 0 Å². The number of aliphatic hydroxyl groups is 2. The van der Waals surface area contributed by atoms with Crippen LogP contribution in [0.4, 0.5) is 0 Å². The molecular formula is C48H93NO5. The van der Waals surface area contributed by atoms with Gasteiger partial charge in [-0.1, -0.05) is 213 Å². The normalized spacial score (nSPS) is 13.4. The molecule has 0 fully saturated rings. The van der Waals surface area contributed by atoms with Crippen LogP contribution in [0.15, 0.2) is 12.2 Å². The van der Waals surface area contributed by atoms with Crippen LogP contribution in [0.25, 0.3) is 0 Å². The largest absolute Gasteiger partial charge is 0.462 e. The monoisotopic (exact) mass is 764 g/mol. The maximum Gasteiger partial charge on any atom is 0.306 e. The molecule has 0 aliphatic rings. The fourth-order valence-electron chi connectivity index (χ4n) is 7.43. The molecule has 0 aliphatic heterocycles. The van der Waals surface area contributed by atoms with Crippen LogP contribution in [0, 0.1) is 0 Å². The van der Waals surface area contributed by atoms with Crippen molar-refractivity contribution >= 4 is 11.9 Å². The molecule has 0 saturated carbocycles. The van der Waals surface area contributed by atoms with Gasteiger partial charge in [0.15, 0.2) is 0 Å². The highest BCUT2D eigenvalue weighted by Gasteiger charge is 2.24. The topological polar surface area (TPSA) is 95.9 Å². The van der Waals surface area contributed by atoms with Crippen LogP contribution in [0.2, 0.25) is 0 Å². The Labute approximate surface area is 336 Å². The fraction of sp³-hybridized carbons (Fsp3) is 0.917. The van der Waals surface area contributed by atoms with Crippen LogP contribution >= 0.6 is 0 Å². The highest BCUT2D eigenvalue weighted by molar-refractivity contribution is 5.77. The van der Waals surface area contributed by atoms with Gasteiger partial charge in [-0.05, 0) is 44.9 Å². The van der Waals surface area contributed by atoms with Crippen LogP contribution in [-0.2, 0) is 14.3 Å². The summed E-state index contributed by atoms with van der Waals surface area (Å²) in [5.41, 5.74) is 0. The maximum atomic E-state index is 13.1. The molecule has 0 aliphatic carbocycles. The molecule has 0 saturated heterocycles. The van der Waals surface area contributed by atoms with E-state index in [1.807, 2.05) is 0 Å². The SMILES string of the molecule is CCCCCCCCC/C=C\CCCC(CC(=O)NC(CO)C(O)CCCCCCCCCCCCCCCC)OC(=O)CCCCCCCCCCC. The lowest BCUT2D eigenvalue weighted by Crippen LogP contribution is -2.46. The Morgan fingerprint density at radius 2 is 0.907 bits per heavy atom. The Morgan fingerprint density at radius 1 is 0.519 bits per heavy atom. The van der Waals surface area contributed by atoms with E-state index in [4.69, 9.17) is 4.74 Å². The third-order valence-electron chi connectivity index (χ3n) is 11.1. The first-order chi connectivity index (χ1) is 26.5. The third-order valence-corrected chi connectivity index (χ3v) is 11.1. The molecular weight excluding hydrogens is 671 g/mol. The van der Waals surface area contributed by atoms with Gasteiger partial charge in [-0.3, -0.25) is 9.59 Å². The lowest BCUT2D eigenvalue weighted by Gasteiger charge is -2.24. The number of nitrogens with one attached hydrogen (secondary N) is 1. The first-order valence-corrected chi connectivity index (χ1v) is 23.9. The van der Waals surface area contributed by atoms with Gasteiger partial charge in [0.25, 0.3) is 0 Å². The molecule has 0 bridgehead atoms. The number of carbonyl (C=O) groups excluding carboxylic acids is 2. The predicted molar refractivity (Wildman–Crippen MR) is 232 cm³/mol. The highest BCUT2D eigenvalue weighted by Crippen LogP contribution is 2.17. The lowest BCUT2D eigenvalue weighted by molar-refractivity contribution is -0.151. The summed E-state index contributed by atoms with van der Waals surface area (Å²) in [5, 5.41) is 23.7. The fourth-order valence-corrected chi connectivity index (χ4v) is 7.43. The lowest BCUT2D eigenvalue weighted by atomic mass is 10.0. The zero-order valence-electron chi connectivity index (χ0n) is 36.4. The number of hydrogen-bond donors (Lipinski definition) is 3. The van der Waals surface area contributed by atoms with Crippen LogP contribution in [0.5, 0.6) is 0 Å². The number of esters is 1. The van der Waals surface area contributed by atoms with Crippen molar-refractivity contribution in [3.63, 3.8) is 0 Å². The number of carbonyl (C=O) groups is 2. The molecule has 6 heteroatoms. The Balaban J connectivity index is 4.53. The molecule has 3 atom stereocenters. The maximum absolute atomic E-state index is 13.1. The van der Waals surface area contributed by atoms with Gasteiger partial charge in [-0.2, -0.15) is 0 Å². The summed E-state index contributed by atoms with van der Waals surface area (Å²) in [6.07, 6.45) is 45.6. The zero-order valence-corrected chi connectivity index (χ0v) is 36.4. The van der Waals surface area contributed by atoms with Crippen molar-refractivity contribution in [1.29, 1.82) is 0 Å². The molecule has 0 aromatic carbocycles. The molecule has 0 radical (unpaired) electrons. The van der Waals surface area contributed by atoms with Gasteiger partial charge >= 0.3 is 5.97 Å². The van der Waals surface area contributed by atoms with Crippen LogP contribution in [-0.4, -0.2) is 46.9 Å². The van der Waals surface area contributed by atoms with E-state index in [1.165, 1.54) is 161 Å². The van der Waals surface area contributed by atoms with E-state index in [0.29, 0.717) is 19.3 Å². The number of unbranched alkanes of at least 4 members (excludes halogenated alkanes) is 29. The van der Waals surface area contributed by atoms with Gasteiger partial charge in [0.05, 0.1) is 25.2 Å². The van der Waals surface area contributed by atoms with E-state index in [9.17, 15) is 19.8 Å². The molecule has 1 amide bonds. The minimum Gasteiger partial charge on any atom is -0.462 e. The minimum atomic E-state index is -0.787. The second-order valence-corrected chi connectivity index (χ2v) is 16.5. The smallest absolute Gasteiger partial charge is 0.306 e. The quantitative estimate of drug-likeness (QED) is 0.0326. The van der Waals surface area contributed by atoms with Crippen molar-refractivity contribution in [2.24, 2.45) is 0 Å². The van der Waals surface area contributed by atoms with E-state index >= 15 is 0 Å². The van der Waals surface area contributed by atoms with Crippen molar-refractivity contribution in [2.75, 3.05) is 6.61 Å². The predicted octanol–water partition coefficient (Wildman–Crippen LogP) is 13.8. The van der Waals surface area contributed by atoms with Gasteiger partial charge < -0.3 is 20.3 Å². The first-order valence-electron chi connectivity index (χ1n) is 23.9. The summed E-state index contributed by atoms with van der Waals surface area (Å²) in [7, 11) is 0. The number of rotatable bonds is 43. The van der Waals surface area contributed by atoms with Crippen molar-refractivity contribution in [3.05, 3.63) is 12.2 Å². The summed E-state index contributed by atoms with van der Waals surface area (Å²) < 4.78 is 5.88. The molecule has 0 aromatic heterocycles. The Morgan fingerprint density at radius 3 is 1.35 bits per heavy atom. The van der Waals surface area contributed by atoms with Crippen molar-refractivity contribution < 1.29 is 24.5 Å². The van der Waals surface area contributed by atoms with E-state index in [0.717, 1.165) is 51.4 Å². The molecule has 320 valence electrons. The van der Waals surface area contributed by atoms with E-state index < -0.39 is 18.2 Å². The summed E-state index contributed by atoms with van der Waals surface area (Å²) >= 11 is 0. The van der Waals surface area contributed by atoms with Crippen molar-refractivity contribution in [3.8, 4) is 0 Å². The zero-order chi connectivity index (χ0) is 39.6. The Hall–Kier alpha value is -1.40. The van der Waals surface area contributed by atoms with Gasteiger partial charge in [0.1, 0.15) is 6.10 Å². The van der Waals surface area contributed by atoms with Crippen molar-refractivity contribution in [1.82, 2.24) is 5.32 Å². The molecule has 54 heavy (non-hydrogen) atoms.